The van der Waals surface area contributed by atoms with Crippen LogP contribution in [0.4, 0.5) is 0 Å². The fraction of sp³-hybridized carbons (Fsp3) is 0.944. The molecule has 0 saturated carbocycles. The number of piperazine rings is 1. The first-order valence-corrected chi connectivity index (χ1v) is 9.30. The maximum atomic E-state index is 11.9. The molecule has 0 aromatic carbocycles. The largest absolute Gasteiger partial charge is 0.375 e. The molecule has 0 aliphatic carbocycles. The van der Waals surface area contributed by atoms with Crippen molar-refractivity contribution in [1.29, 1.82) is 0 Å². The summed E-state index contributed by atoms with van der Waals surface area (Å²) in [7, 11) is 2.13. The molecular formula is C18H37N3O2. The van der Waals surface area contributed by atoms with E-state index in [9.17, 15) is 4.79 Å². The van der Waals surface area contributed by atoms with Crippen LogP contribution >= 0.6 is 0 Å². The molecule has 1 atom stereocenters. The van der Waals surface area contributed by atoms with Gasteiger partial charge in [0.15, 0.2) is 0 Å². The van der Waals surface area contributed by atoms with Crippen molar-refractivity contribution in [2.75, 3.05) is 52.9 Å². The predicted octanol–water partition coefficient (Wildman–Crippen LogP) is 2.12. The smallest absolute Gasteiger partial charge is 0.234 e. The van der Waals surface area contributed by atoms with E-state index in [1.807, 2.05) is 0 Å². The van der Waals surface area contributed by atoms with Crippen LogP contribution in [0.3, 0.4) is 0 Å². The second-order valence-electron chi connectivity index (χ2n) is 7.04. The fourth-order valence-corrected chi connectivity index (χ4v) is 2.79. The molecule has 0 radical (unpaired) electrons. The van der Waals surface area contributed by atoms with Gasteiger partial charge in [-0.15, -0.1) is 0 Å². The monoisotopic (exact) mass is 327 g/mol. The number of rotatable bonds is 11. The van der Waals surface area contributed by atoms with E-state index in [-0.39, 0.29) is 11.5 Å². The van der Waals surface area contributed by atoms with E-state index in [2.05, 4.69) is 42.9 Å². The minimum atomic E-state index is -0.000152. The lowest BCUT2D eigenvalue weighted by atomic mass is 9.96. The molecule has 1 N–H and O–H groups in total. The number of ether oxygens (including phenoxy) is 1. The van der Waals surface area contributed by atoms with Gasteiger partial charge >= 0.3 is 0 Å². The lowest BCUT2D eigenvalue weighted by Gasteiger charge is -2.31. The summed E-state index contributed by atoms with van der Waals surface area (Å²) in [5.41, 5.74) is -0.000152. The van der Waals surface area contributed by atoms with Crippen molar-refractivity contribution in [3.05, 3.63) is 0 Å². The van der Waals surface area contributed by atoms with Crippen molar-refractivity contribution in [3.63, 3.8) is 0 Å². The molecule has 1 unspecified atom stereocenters. The molecule has 5 nitrogen and oxygen atoms in total. The quantitative estimate of drug-likeness (QED) is 0.591. The Labute approximate surface area is 142 Å². The summed E-state index contributed by atoms with van der Waals surface area (Å²) in [6, 6.07) is 0. The van der Waals surface area contributed by atoms with Crippen molar-refractivity contribution in [2.45, 2.75) is 58.5 Å². The molecule has 1 heterocycles. The van der Waals surface area contributed by atoms with Gasteiger partial charge in [0.1, 0.15) is 0 Å². The molecule has 0 aromatic rings. The van der Waals surface area contributed by atoms with Crippen molar-refractivity contribution in [3.8, 4) is 0 Å². The zero-order valence-corrected chi connectivity index (χ0v) is 15.7. The number of amides is 1. The minimum absolute atomic E-state index is 0.000152. The fourth-order valence-electron chi connectivity index (χ4n) is 2.79. The average Bonchev–Trinajstić information content (AvgIpc) is 2.55. The molecule has 1 saturated heterocycles. The Morgan fingerprint density at radius 3 is 2.48 bits per heavy atom. The van der Waals surface area contributed by atoms with Crippen LogP contribution in [0.15, 0.2) is 0 Å². The summed E-state index contributed by atoms with van der Waals surface area (Å²) in [4.78, 5) is 16.5. The Kier molecular flexibility index (Phi) is 9.75. The van der Waals surface area contributed by atoms with Gasteiger partial charge in [0, 0.05) is 39.3 Å². The Bertz CT molecular complexity index is 330. The van der Waals surface area contributed by atoms with Crippen molar-refractivity contribution in [1.82, 2.24) is 15.1 Å². The molecule has 23 heavy (non-hydrogen) atoms. The Balaban J connectivity index is 2.08. The molecule has 5 heteroatoms. The highest BCUT2D eigenvalue weighted by Gasteiger charge is 2.21. The van der Waals surface area contributed by atoms with Crippen LogP contribution in [0.1, 0.15) is 52.9 Å². The van der Waals surface area contributed by atoms with Crippen LogP contribution in [-0.2, 0) is 9.53 Å². The van der Waals surface area contributed by atoms with Gasteiger partial charge in [0.05, 0.1) is 12.1 Å². The van der Waals surface area contributed by atoms with E-state index in [4.69, 9.17) is 4.74 Å². The molecule has 1 aliphatic rings. The molecular weight excluding hydrogens is 290 g/mol. The van der Waals surface area contributed by atoms with Gasteiger partial charge in [-0.2, -0.15) is 0 Å². The van der Waals surface area contributed by atoms with Gasteiger partial charge in [-0.3, -0.25) is 9.69 Å². The molecule has 1 aliphatic heterocycles. The number of nitrogens with zero attached hydrogens (tertiary/aromatic N) is 2. The number of unbranched alkanes of at least 4 members (excludes halogenated alkanes) is 1. The van der Waals surface area contributed by atoms with Crippen LogP contribution in [0.5, 0.6) is 0 Å². The van der Waals surface area contributed by atoms with Crippen LogP contribution in [0, 0.1) is 0 Å². The van der Waals surface area contributed by atoms with Crippen LogP contribution in [-0.4, -0.2) is 74.2 Å². The second-order valence-corrected chi connectivity index (χ2v) is 7.04. The number of hydrogen-bond donors (Lipinski definition) is 1. The first-order valence-electron chi connectivity index (χ1n) is 9.30. The summed E-state index contributed by atoms with van der Waals surface area (Å²) in [6.07, 6.45) is 5.47. The Morgan fingerprint density at radius 1 is 1.17 bits per heavy atom. The molecule has 1 amide bonds. The van der Waals surface area contributed by atoms with E-state index in [1.54, 1.807) is 0 Å². The maximum Gasteiger partial charge on any atom is 0.234 e. The summed E-state index contributed by atoms with van der Waals surface area (Å²) < 4.78 is 6.06. The van der Waals surface area contributed by atoms with E-state index in [1.165, 1.54) is 12.8 Å². The van der Waals surface area contributed by atoms with Crippen molar-refractivity contribution in [2.24, 2.45) is 0 Å². The first-order chi connectivity index (χ1) is 11.0. The third-order valence-corrected chi connectivity index (χ3v) is 4.86. The molecule has 136 valence electrons. The molecule has 0 aromatic heterocycles. The van der Waals surface area contributed by atoms with Crippen molar-refractivity contribution >= 4 is 5.91 Å². The third-order valence-electron chi connectivity index (χ3n) is 4.86. The van der Waals surface area contributed by atoms with E-state index in [0.29, 0.717) is 13.1 Å². The van der Waals surface area contributed by atoms with Crippen molar-refractivity contribution < 1.29 is 9.53 Å². The summed E-state index contributed by atoms with van der Waals surface area (Å²) in [5.74, 6) is 0.138. The van der Waals surface area contributed by atoms with E-state index in [0.717, 1.165) is 52.0 Å². The predicted molar refractivity (Wildman–Crippen MR) is 95.7 cm³/mol. The minimum Gasteiger partial charge on any atom is -0.375 e. The zero-order chi connectivity index (χ0) is 17.1. The van der Waals surface area contributed by atoms with Gasteiger partial charge in [0.2, 0.25) is 5.91 Å². The van der Waals surface area contributed by atoms with Crippen LogP contribution in [0.25, 0.3) is 0 Å². The number of carbonyl (C=O) groups is 1. The Morgan fingerprint density at radius 2 is 1.87 bits per heavy atom. The molecule has 0 bridgehead atoms. The summed E-state index contributed by atoms with van der Waals surface area (Å²) in [5, 5.41) is 3.01. The number of nitrogens with one attached hydrogen (secondary N) is 1. The highest BCUT2D eigenvalue weighted by molar-refractivity contribution is 5.77. The van der Waals surface area contributed by atoms with E-state index < -0.39 is 0 Å². The topological polar surface area (TPSA) is 44.8 Å². The van der Waals surface area contributed by atoms with E-state index >= 15 is 0 Å². The SMILES string of the molecule is CCCCC(C)(CC)OCCCNC(=O)CN1CCN(C)CC1. The van der Waals surface area contributed by atoms with Crippen LogP contribution in [0.2, 0.25) is 0 Å². The normalized spacial score (nSPS) is 19.5. The number of likely N-dealkylation sites (N-methyl/N-ethyl adjacent to an activating group) is 1. The number of carbonyl (C=O) groups excluding carboxylic acids is 1. The second kappa shape index (κ2) is 11.0. The highest BCUT2D eigenvalue weighted by Crippen LogP contribution is 2.22. The average molecular weight is 328 g/mol. The highest BCUT2D eigenvalue weighted by atomic mass is 16.5. The summed E-state index contributed by atoms with van der Waals surface area (Å²) >= 11 is 0. The number of hydrogen-bond acceptors (Lipinski definition) is 4. The van der Waals surface area contributed by atoms with Gasteiger partial charge in [-0.05, 0) is 33.2 Å². The lowest BCUT2D eigenvalue weighted by Crippen LogP contribution is -2.48. The molecule has 0 spiro atoms. The standard InChI is InChI=1S/C18H37N3O2/c1-5-7-9-18(3,6-2)23-15-8-10-19-17(22)16-21-13-11-20(4)12-14-21/h5-16H2,1-4H3,(H,19,22). The summed E-state index contributed by atoms with van der Waals surface area (Å²) in [6.45, 7) is 12.6. The maximum absolute atomic E-state index is 11.9. The Hall–Kier alpha value is -0.650. The van der Waals surface area contributed by atoms with Gasteiger partial charge in [-0.25, -0.2) is 0 Å². The van der Waals surface area contributed by atoms with Gasteiger partial charge < -0.3 is 15.0 Å². The molecule has 1 rings (SSSR count). The lowest BCUT2D eigenvalue weighted by molar-refractivity contribution is -0.122. The molecule has 1 fully saturated rings. The van der Waals surface area contributed by atoms with Crippen LogP contribution < -0.4 is 5.32 Å². The third kappa shape index (κ3) is 8.68. The van der Waals surface area contributed by atoms with Gasteiger partial charge in [-0.1, -0.05) is 26.7 Å². The first kappa shape index (κ1) is 20.4. The van der Waals surface area contributed by atoms with Gasteiger partial charge in [0.25, 0.3) is 0 Å². The zero-order valence-electron chi connectivity index (χ0n) is 15.7.